The minimum absolute atomic E-state index is 0.924. The molecule has 3 nitrogen and oxygen atoms in total. The molecule has 0 atom stereocenters. The lowest BCUT2D eigenvalue weighted by Gasteiger charge is -2.26. The van der Waals surface area contributed by atoms with Gasteiger partial charge in [-0.25, -0.2) is 0 Å². The van der Waals surface area contributed by atoms with Crippen molar-refractivity contribution in [2.24, 2.45) is 4.99 Å². The van der Waals surface area contributed by atoms with Crippen LogP contribution in [0.4, 0.5) is 0 Å². The monoisotopic (exact) mass is 127 g/mol. The second-order valence-corrected chi connectivity index (χ2v) is 2.24. The molecule has 1 fully saturated rings. The molecule has 0 unspecified atom stereocenters. The summed E-state index contributed by atoms with van der Waals surface area (Å²) >= 11 is 0. The zero-order valence-corrected chi connectivity index (χ0v) is 6.02. The number of likely N-dealkylation sites (N-methyl/N-ethyl adjacent to an activating group) is 1. The van der Waals surface area contributed by atoms with E-state index in [4.69, 9.17) is 0 Å². The van der Waals surface area contributed by atoms with Crippen LogP contribution in [0.3, 0.4) is 0 Å². The fourth-order valence-corrected chi connectivity index (χ4v) is 0.961. The van der Waals surface area contributed by atoms with E-state index in [-0.39, 0.29) is 0 Å². The second kappa shape index (κ2) is 2.82. The molecule has 1 aliphatic rings. The first-order valence-corrected chi connectivity index (χ1v) is 3.22. The fourth-order valence-electron chi connectivity index (χ4n) is 0.961. The van der Waals surface area contributed by atoms with Crippen LogP contribution in [0.1, 0.15) is 0 Å². The minimum atomic E-state index is 0.924. The normalized spacial score (nSPS) is 25.1. The third kappa shape index (κ3) is 1.42. The van der Waals surface area contributed by atoms with Crippen molar-refractivity contribution in [1.82, 2.24) is 10.2 Å². The average Bonchev–Trinajstić information content (AvgIpc) is 1.89. The maximum absolute atomic E-state index is 4.11. The molecule has 9 heavy (non-hydrogen) atoms. The predicted octanol–water partition coefficient (Wildman–Crippen LogP) is -0.450. The average molecular weight is 127 g/mol. The van der Waals surface area contributed by atoms with E-state index < -0.39 is 0 Å². The van der Waals surface area contributed by atoms with Crippen LogP contribution in [-0.2, 0) is 0 Å². The zero-order chi connectivity index (χ0) is 6.69. The molecular formula is C6H13N3. The standard InChI is InChI=1S/C6H13N3/c1-7-6-5-8-3-4-9(6)2/h8H,3-5H2,1-2H3. The first kappa shape index (κ1) is 6.55. The van der Waals surface area contributed by atoms with Gasteiger partial charge in [0, 0.05) is 27.2 Å². The fraction of sp³-hybridized carbons (Fsp3) is 0.833. The summed E-state index contributed by atoms with van der Waals surface area (Å²) < 4.78 is 0. The van der Waals surface area contributed by atoms with Crippen LogP contribution in [-0.4, -0.2) is 44.5 Å². The maximum Gasteiger partial charge on any atom is 0.112 e. The van der Waals surface area contributed by atoms with Gasteiger partial charge in [-0.3, -0.25) is 4.99 Å². The molecule has 3 heteroatoms. The van der Waals surface area contributed by atoms with Crippen LogP contribution >= 0.6 is 0 Å². The summed E-state index contributed by atoms with van der Waals surface area (Å²) in [4.78, 5) is 6.29. The van der Waals surface area contributed by atoms with Crippen molar-refractivity contribution >= 4 is 5.84 Å². The molecule has 0 amide bonds. The Morgan fingerprint density at radius 1 is 1.67 bits per heavy atom. The number of amidine groups is 1. The molecule has 1 heterocycles. The van der Waals surface area contributed by atoms with E-state index in [0.29, 0.717) is 0 Å². The third-order valence-electron chi connectivity index (χ3n) is 1.61. The molecule has 1 aliphatic heterocycles. The van der Waals surface area contributed by atoms with Crippen molar-refractivity contribution in [3.8, 4) is 0 Å². The Morgan fingerprint density at radius 3 is 2.89 bits per heavy atom. The van der Waals surface area contributed by atoms with Gasteiger partial charge in [-0.1, -0.05) is 0 Å². The van der Waals surface area contributed by atoms with Crippen LogP contribution in [0.15, 0.2) is 4.99 Å². The maximum atomic E-state index is 4.11. The van der Waals surface area contributed by atoms with Gasteiger partial charge >= 0.3 is 0 Å². The first-order chi connectivity index (χ1) is 4.34. The summed E-state index contributed by atoms with van der Waals surface area (Å²) in [6.07, 6.45) is 0. The lowest BCUT2D eigenvalue weighted by atomic mass is 10.4. The van der Waals surface area contributed by atoms with Crippen LogP contribution in [0.2, 0.25) is 0 Å². The Kier molecular flexibility index (Phi) is 2.05. The van der Waals surface area contributed by atoms with Gasteiger partial charge in [0.1, 0.15) is 5.84 Å². The largest absolute Gasteiger partial charge is 0.361 e. The number of rotatable bonds is 0. The number of aliphatic imine (C=N–C) groups is 1. The molecule has 1 saturated heterocycles. The van der Waals surface area contributed by atoms with Gasteiger partial charge in [0.05, 0.1) is 6.54 Å². The van der Waals surface area contributed by atoms with Crippen molar-refractivity contribution in [2.75, 3.05) is 33.7 Å². The highest BCUT2D eigenvalue weighted by molar-refractivity contribution is 5.84. The van der Waals surface area contributed by atoms with E-state index in [1.165, 1.54) is 0 Å². The number of hydrogen-bond donors (Lipinski definition) is 1. The molecule has 0 aromatic carbocycles. The van der Waals surface area contributed by atoms with Crippen molar-refractivity contribution in [1.29, 1.82) is 0 Å². The number of nitrogens with zero attached hydrogens (tertiary/aromatic N) is 2. The molecule has 1 N–H and O–H groups in total. The van der Waals surface area contributed by atoms with Gasteiger partial charge in [-0.15, -0.1) is 0 Å². The Hall–Kier alpha value is -0.570. The summed E-state index contributed by atoms with van der Waals surface area (Å²) in [5.41, 5.74) is 0. The van der Waals surface area contributed by atoms with Crippen molar-refractivity contribution in [3.63, 3.8) is 0 Å². The van der Waals surface area contributed by atoms with E-state index in [1.807, 2.05) is 7.05 Å². The van der Waals surface area contributed by atoms with Crippen LogP contribution < -0.4 is 5.32 Å². The van der Waals surface area contributed by atoms with Crippen molar-refractivity contribution in [3.05, 3.63) is 0 Å². The Morgan fingerprint density at radius 2 is 2.44 bits per heavy atom. The summed E-state index contributed by atoms with van der Waals surface area (Å²) in [5.74, 6) is 1.15. The number of piperazine rings is 1. The highest BCUT2D eigenvalue weighted by atomic mass is 15.2. The van der Waals surface area contributed by atoms with Gasteiger partial charge < -0.3 is 10.2 Å². The summed E-state index contributed by atoms with van der Waals surface area (Å²) in [5, 5.41) is 3.24. The highest BCUT2D eigenvalue weighted by Gasteiger charge is 2.08. The van der Waals surface area contributed by atoms with Crippen LogP contribution in [0.25, 0.3) is 0 Å². The first-order valence-electron chi connectivity index (χ1n) is 3.22. The minimum Gasteiger partial charge on any atom is -0.361 e. The SMILES string of the molecule is CN=C1CNCCN1C. The smallest absolute Gasteiger partial charge is 0.112 e. The molecule has 0 spiro atoms. The molecule has 0 bridgehead atoms. The molecule has 0 aromatic heterocycles. The van der Waals surface area contributed by atoms with E-state index in [1.54, 1.807) is 0 Å². The zero-order valence-electron chi connectivity index (χ0n) is 6.02. The molecule has 1 rings (SSSR count). The van der Waals surface area contributed by atoms with Crippen molar-refractivity contribution < 1.29 is 0 Å². The van der Waals surface area contributed by atoms with Gasteiger partial charge in [0.25, 0.3) is 0 Å². The van der Waals surface area contributed by atoms with E-state index in [2.05, 4.69) is 22.3 Å². The Bertz CT molecular complexity index is 119. The topological polar surface area (TPSA) is 27.6 Å². The molecular weight excluding hydrogens is 114 g/mol. The van der Waals surface area contributed by atoms with Gasteiger partial charge in [0.2, 0.25) is 0 Å². The molecule has 0 saturated carbocycles. The quantitative estimate of drug-likeness (QED) is 0.477. The number of hydrogen-bond acceptors (Lipinski definition) is 2. The van der Waals surface area contributed by atoms with Crippen LogP contribution in [0, 0.1) is 0 Å². The van der Waals surface area contributed by atoms with E-state index in [9.17, 15) is 0 Å². The Balaban J connectivity index is 2.49. The molecule has 0 radical (unpaired) electrons. The third-order valence-corrected chi connectivity index (χ3v) is 1.61. The van der Waals surface area contributed by atoms with Gasteiger partial charge in [0.15, 0.2) is 0 Å². The Labute approximate surface area is 55.8 Å². The molecule has 52 valence electrons. The highest BCUT2D eigenvalue weighted by Crippen LogP contribution is 1.90. The van der Waals surface area contributed by atoms with Crippen molar-refractivity contribution in [2.45, 2.75) is 0 Å². The lowest BCUT2D eigenvalue weighted by Crippen LogP contribution is -2.45. The summed E-state index contributed by atoms with van der Waals surface area (Å²) in [6.45, 7) is 3.08. The molecule has 0 aromatic rings. The molecule has 0 aliphatic carbocycles. The number of nitrogens with one attached hydrogen (secondary N) is 1. The lowest BCUT2D eigenvalue weighted by molar-refractivity contribution is 0.445. The van der Waals surface area contributed by atoms with Crippen LogP contribution in [0.5, 0.6) is 0 Å². The predicted molar refractivity (Wildman–Crippen MR) is 38.9 cm³/mol. The van der Waals surface area contributed by atoms with Gasteiger partial charge in [-0.05, 0) is 0 Å². The van der Waals surface area contributed by atoms with E-state index in [0.717, 1.165) is 25.5 Å². The van der Waals surface area contributed by atoms with E-state index >= 15 is 0 Å². The van der Waals surface area contributed by atoms with Gasteiger partial charge in [-0.2, -0.15) is 0 Å². The summed E-state index contributed by atoms with van der Waals surface area (Å²) in [6, 6.07) is 0. The summed E-state index contributed by atoms with van der Waals surface area (Å²) in [7, 11) is 3.90. The second-order valence-electron chi connectivity index (χ2n) is 2.24.